The summed E-state index contributed by atoms with van der Waals surface area (Å²) in [5, 5.41) is 8.90. The van der Waals surface area contributed by atoms with Crippen molar-refractivity contribution in [2.45, 2.75) is 44.0 Å². The first kappa shape index (κ1) is 16.8. The SMILES string of the molecule is CCC(=O)c1cccc(S(=O)(=O)NC(CC)CCO)c1. The minimum Gasteiger partial charge on any atom is -0.396 e. The first-order chi connectivity index (χ1) is 9.44. The highest BCUT2D eigenvalue weighted by molar-refractivity contribution is 7.89. The zero-order chi connectivity index (χ0) is 15.2. The van der Waals surface area contributed by atoms with Crippen molar-refractivity contribution >= 4 is 15.8 Å². The van der Waals surface area contributed by atoms with Crippen LogP contribution in [0.1, 0.15) is 43.5 Å². The average molecular weight is 299 g/mol. The number of nitrogens with one attached hydrogen (secondary N) is 1. The molecule has 20 heavy (non-hydrogen) atoms. The molecule has 1 atom stereocenters. The van der Waals surface area contributed by atoms with Crippen molar-refractivity contribution in [3.05, 3.63) is 29.8 Å². The van der Waals surface area contributed by atoms with Gasteiger partial charge in [0.25, 0.3) is 0 Å². The summed E-state index contributed by atoms with van der Waals surface area (Å²) in [5.41, 5.74) is 0.394. The molecule has 1 rings (SSSR count). The van der Waals surface area contributed by atoms with Crippen LogP contribution in [0.5, 0.6) is 0 Å². The van der Waals surface area contributed by atoms with Gasteiger partial charge in [-0.2, -0.15) is 0 Å². The van der Waals surface area contributed by atoms with Crippen LogP contribution in [0.2, 0.25) is 0 Å². The smallest absolute Gasteiger partial charge is 0.240 e. The maximum atomic E-state index is 12.2. The van der Waals surface area contributed by atoms with E-state index in [2.05, 4.69) is 4.72 Å². The molecule has 6 heteroatoms. The fourth-order valence-electron chi connectivity index (χ4n) is 1.83. The molecule has 0 heterocycles. The Morgan fingerprint density at radius 1 is 1.35 bits per heavy atom. The molecule has 2 N–H and O–H groups in total. The fourth-order valence-corrected chi connectivity index (χ4v) is 3.23. The van der Waals surface area contributed by atoms with Crippen molar-refractivity contribution in [1.29, 1.82) is 0 Å². The predicted octanol–water partition coefficient (Wildman–Crippen LogP) is 1.72. The second-order valence-electron chi connectivity index (χ2n) is 4.54. The van der Waals surface area contributed by atoms with Crippen molar-refractivity contribution in [2.75, 3.05) is 6.61 Å². The van der Waals surface area contributed by atoms with Gasteiger partial charge in [0.05, 0.1) is 4.90 Å². The summed E-state index contributed by atoms with van der Waals surface area (Å²) >= 11 is 0. The van der Waals surface area contributed by atoms with E-state index in [-0.39, 0.29) is 23.3 Å². The van der Waals surface area contributed by atoms with Gasteiger partial charge < -0.3 is 5.11 Å². The van der Waals surface area contributed by atoms with Crippen molar-refractivity contribution in [1.82, 2.24) is 4.72 Å². The number of ketones is 1. The summed E-state index contributed by atoms with van der Waals surface area (Å²) in [4.78, 5) is 11.7. The number of aliphatic hydroxyl groups is 1. The van der Waals surface area contributed by atoms with Gasteiger partial charge in [-0.25, -0.2) is 13.1 Å². The lowest BCUT2D eigenvalue weighted by atomic mass is 10.1. The number of hydrogen-bond acceptors (Lipinski definition) is 4. The molecule has 0 aliphatic heterocycles. The zero-order valence-electron chi connectivity index (χ0n) is 11.8. The summed E-state index contributed by atoms with van der Waals surface area (Å²) in [7, 11) is -3.67. The van der Waals surface area contributed by atoms with E-state index in [4.69, 9.17) is 5.11 Å². The number of aliphatic hydroxyl groups excluding tert-OH is 1. The third-order valence-electron chi connectivity index (χ3n) is 3.08. The molecule has 0 fully saturated rings. The first-order valence-corrected chi connectivity index (χ1v) is 8.19. The molecule has 0 radical (unpaired) electrons. The van der Waals surface area contributed by atoms with Gasteiger partial charge in [-0.05, 0) is 25.0 Å². The van der Waals surface area contributed by atoms with Gasteiger partial charge in [-0.1, -0.05) is 26.0 Å². The molecule has 0 saturated heterocycles. The Hall–Kier alpha value is -1.24. The van der Waals surface area contributed by atoms with Crippen LogP contribution in [-0.2, 0) is 10.0 Å². The van der Waals surface area contributed by atoms with E-state index >= 15 is 0 Å². The Morgan fingerprint density at radius 3 is 2.60 bits per heavy atom. The van der Waals surface area contributed by atoms with Gasteiger partial charge in [0, 0.05) is 24.6 Å². The third kappa shape index (κ3) is 4.40. The van der Waals surface area contributed by atoms with Gasteiger partial charge >= 0.3 is 0 Å². The summed E-state index contributed by atoms with van der Waals surface area (Å²) < 4.78 is 27.0. The Morgan fingerprint density at radius 2 is 2.05 bits per heavy atom. The highest BCUT2D eigenvalue weighted by Gasteiger charge is 2.19. The lowest BCUT2D eigenvalue weighted by molar-refractivity contribution is 0.0988. The molecule has 0 bridgehead atoms. The van der Waals surface area contributed by atoms with E-state index in [1.807, 2.05) is 6.92 Å². The van der Waals surface area contributed by atoms with Crippen molar-refractivity contribution in [3.63, 3.8) is 0 Å². The van der Waals surface area contributed by atoms with Crippen LogP contribution in [0.3, 0.4) is 0 Å². The monoisotopic (exact) mass is 299 g/mol. The number of Topliss-reactive ketones (excluding diaryl/α,β-unsaturated/α-hetero) is 1. The van der Waals surface area contributed by atoms with Crippen LogP contribution in [-0.4, -0.2) is 32.0 Å². The predicted molar refractivity (Wildman–Crippen MR) is 77.2 cm³/mol. The average Bonchev–Trinajstić information content (AvgIpc) is 2.45. The number of benzene rings is 1. The lowest BCUT2D eigenvalue weighted by Crippen LogP contribution is -2.35. The minimum absolute atomic E-state index is 0.0740. The third-order valence-corrected chi connectivity index (χ3v) is 4.60. The molecule has 1 aromatic carbocycles. The number of sulfonamides is 1. The van der Waals surface area contributed by atoms with E-state index in [1.165, 1.54) is 12.1 Å². The van der Waals surface area contributed by atoms with Gasteiger partial charge in [0.2, 0.25) is 10.0 Å². The van der Waals surface area contributed by atoms with Crippen LogP contribution < -0.4 is 4.72 Å². The molecule has 0 spiro atoms. The Balaban J connectivity index is 3.00. The van der Waals surface area contributed by atoms with E-state index in [0.717, 1.165) is 0 Å². The Kier molecular flexibility index (Phi) is 6.32. The summed E-state index contributed by atoms with van der Waals surface area (Å²) in [6.07, 6.45) is 1.29. The second kappa shape index (κ2) is 7.52. The van der Waals surface area contributed by atoms with Gasteiger partial charge in [0.15, 0.2) is 5.78 Å². The zero-order valence-corrected chi connectivity index (χ0v) is 12.6. The lowest BCUT2D eigenvalue weighted by Gasteiger charge is -2.16. The molecule has 5 nitrogen and oxygen atoms in total. The normalized spacial score (nSPS) is 13.2. The molecular weight excluding hydrogens is 278 g/mol. The number of carbonyl (C=O) groups is 1. The largest absolute Gasteiger partial charge is 0.396 e. The topological polar surface area (TPSA) is 83.5 Å². The van der Waals surface area contributed by atoms with E-state index in [1.54, 1.807) is 19.1 Å². The van der Waals surface area contributed by atoms with E-state index in [0.29, 0.717) is 24.8 Å². The molecule has 0 aromatic heterocycles. The van der Waals surface area contributed by atoms with Crippen LogP contribution >= 0.6 is 0 Å². The maximum absolute atomic E-state index is 12.2. The van der Waals surface area contributed by atoms with Gasteiger partial charge in [-0.3, -0.25) is 4.79 Å². The Bertz CT molecular complexity index is 554. The molecular formula is C14H21NO4S. The van der Waals surface area contributed by atoms with Gasteiger partial charge in [-0.15, -0.1) is 0 Å². The molecule has 0 aliphatic carbocycles. The van der Waals surface area contributed by atoms with Crippen LogP contribution in [0.25, 0.3) is 0 Å². The van der Waals surface area contributed by atoms with Crippen molar-refractivity contribution in [2.24, 2.45) is 0 Å². The van der Waals surface area contributed by atoms with Crippen LogP contribution in [0.15, 0.2) is 29.2 Å². The maximum Gasteiger partial charge on any atom is 0.240 e. The number of hydrogen-bond donors (Lipinski definition) is 2. The van der Waals surface area contributed by atoms with Crippen molar-refractivity contribution < 1.29 is 18.3 Å². The molecule has 1 unspecified atom stereocenters. The number of rotatable bonds is 8. The fraction of sp³-hybridized carbons (Fsp3) is 0.500. The van der Waals surface area contributed by atoms with Crippen molar-refractivity contribution in [3.8, 4) is 0 Å². The second-order valence-corrected chi connectivity index (χ2v) is 6.26. The standard InChI is InChI=1S/C14H21NO4S/c1-3-12(8-9-16)15-20(18,19)13-7-5-6-11(10-13)14(17)4-2/h5-7,10,12,15-16H,3-4,8-9H2,1-2H3. The van der Waals surface area contributed by atoms with Gasteiger partial charge in [0.1, 0.15) is 0 Å². The Labute approximate surface area is 120 Å². The van der Waals surface area contributed by atoms with E-state index < -0.39 is 10.0 Å². The first-order valence-electron chi connectivity index (χ1n) is 6.71. The summed E-state index contributed by atoms with van der Waals surface area (Å²) in [6, 6.07) is 5.70. The molecule has 1 aromatic rings. The highest BCUT2D eigenvalue weighted by atomic mass is 32.2. The highest BCUT2D eigenvalue weighted by Crippen LogP contribution is 2.14. The molecule has 0 saturated carbocycles. The van der Waals surface area contributed by atoms with Crippen LogP contribution in [0, 0.1) is 0 Å². The quantitative estimate of drug-likeness (QED) is 0.716. The molecule has 0 aliphatic rings. The summed E-state index contributed by atoms with van der Waals surface area (Å²) in [6.45, 7) is 3.51. The summed E-state index contributed by atoms with van der Waals surface area (Å²) in [5.74, 6) is -0.0931. The minimum atomic E-state index is -3.67. The molecule has 0 amide bonds. The van der Waals surface area contributed by atoms with Crippen LogP contribution in [0.4, 0.5) is 0 Å². The molecule has 112 valence electrons. The van der Waals surface area contributed by atoms with E-state index in [9.17, 15) is 13.2 Å². The number of carbonyl (C=O) groups excluding carboxylic acids is 1.